The Hall–Kier alpha value is -2.20. The molecule has 0 radical (unpaired) electrons. The van der Waals surface area contributed by atoms with Crippen LogP contribution in [0.3, 0.4) is 0 Å². The van der Waals surface area contributed by atoms with Crippen molar-refractivity contribution >= 4 is 29.7 Å². The van der Waals surface area contributed by atoms with Crippen molar-refractivity contribution in [3.63, 3.8) is 0 Å². The van der Waals surface area contributed by atoms with Crippen molar-refractivity contribution in [3.05, 3.63) is 72.6 Å². The van der Waals surface area contributed by atoms with Gasteiger partial charge in [0.1, 0.15) is 0 Å². The van der Waals surface area contributed by atoms with Gasteiger partial charge in [-0.25, -0.2) is 0 Å². The van der Waals surface area contributed by atoms with Crippen LogP contribution in [0.25, 0.3) is 5.57 Å². The Morgan fingerprint density at radius 1 is 1.29 bits per heavy atom. The molecule has 0 fully saturated rings. The van der Waals surface area contributed by atoms with Crippen LogP contribution in [0, 0.1) is 0 Å². The summed E-state index contributed by atoms with van der Waals surface area (Å²) in [6.07, 6.45) is 10.9. The second kappa shape index (κ2) is 13.3. The highest BCUT2D eigenvalue weighted by molar-refractivity contribution is 7.79. The third-order valence-electron chi connectivity index (χ3n) is 2.98. The number of allylic oxidation sites excluding steroid dienone is 4. The number of benzene rings is 1. The number of nitrogens with one attached hydrogen (secondary N) is 2. The Kier molecular flexibility index (Phi) is 12.0. The first-order valence-electron chi connectivity index (χ1n) is 7.99. The van der Waals surface area contributed by atoms with E-state index in [4.69, 9.17) is 0 Å². The number of carbonyl (C=O) groups excluding carboxylic acids is 1. The summed E-state index contributed by atoms with van der Waals surface area (Å²) >= 11 is 3.53. The van der Waals surface area contributed by atoms with Gasteiger partial charge in [-0.05, 0) is 31.4 Å². The Bertz CT molecular complexity index is 616. The summed E-state index contributed by atoms with van der Waals surface area (Å²) in [4.78, 5) is 12.1. The van der Waals surface area contributed by atoms with Gasteiger partial charge in [0.25, 0.3) is 0 Å². The summed E-state index contributed by atoms with van der Waals surface area (Å²) in [6.45, 7) is 9.95. The maximum Gasteiger partial charge on any atom is 0.183 e. The molecule has 0 aromatic heterocycles. The maximum absolute atomic E-state index is 12.1. The maximum atomic E-state index is 12.1. The van der Waals surface area contributed by atoms with Crippen molar-refractivity contribution in [2.45, 2.75) is 20.8 Å². The summed E-state index contributed by atoms with van der Waals surface area (Å²) < 4.78 is 0. The van der Waals surface area contributed by atoms with Crippen LogP contribution in [0.5, 0.6) is 0 Å². The number of fused-ring (bicyclic) bond motifs is 1. The Morgan fingerprint density at radius 3 is 2.58 bits per heavy atom. The number of hydrogen-bond donors (Lipinski definition) is 3. The zero-order chi connectivity index (χ0) is 18.4. The number of anilines is 1. The highest BCUT2D eigenvalue weighted by atomic mass is 32.1. The Balaban J connectivity index is 0.00000123. The average Bonchev–Trinajstić information content (AvgIpc) is 2.64. The molecule has 0 amide bonds. The standard InChI is InChI=1S/C17H18N2O.C2H6.CH4S/c1-3-7-13(8-4-2)18-11-15-14-9-5-6-10-16(14)19-12-17(15)20;2*1-2/h3-11,18-19H,1,12H2,2H3;1-2H3;2H,1H3/b8-4-,13-7+,15-11-;;. The topological polar surface area (TPSA) is 41.1 Å². The van der Waals surface area contributed by atoms with Crippen LogP contribution >= 0.6 is 12.6 Å². The van der Waals surface area contributed by atoms with E-state index in [9.17, 15) is 4.79 Å². The van der Waals surface area contributed by atoms with E-state index in [1.165, 1.54) is 0 Å². The number of thiol groups is 1. The number of hydrogen-bond acceptors (Lipinski definition) is 4. The molecule has 3 nitrogen and oxygen atoms in total. The molecule has 24 heavy (non-hydrogen) atoms. The van der Waals surface area contributed by atoms with Crippen LogP contribution in [0.15, 0.2) is 67.0 Å². The highest BCUT2D eigenvalue weighted by Crippen LogP contribution is 2.27. The van der Waals surface area contributed by atoms with Crippen LogP contribution in [-0.4, -0.2) is 18.6 Å². The fourth-order valence-corrected chi connectivity index (χ4v) is 2.07. The van der Waals surface area contributed by atoms with Gasteiger partial charge < -0.3 is 10.6 Å². The minimum atomic E-state index is 0.0784. The number of ketones is 1. The molecule has 2 rings (SSSR count). The van der Waals surface area contributed by atoms with E-state index in [2.05, 4.69) is 29.8 Å². The van der Waals surface area contributed by atoms with Crippen LogP contribution in [0.4, 0.5) is 5.69 Å². The zero-order valence-electron chi connectivity index (χ0n) is 15.0. The molecule has 130 valence electrons. The first-order valence-corrected chi connectivity index (χ1v) is 8.89. The summed E-state index contributed by atoms with van der Waals surface area (Å²) in [5.41, 5.74) is 3.49. The molecule has 0 spiro atoms. The van der Waals surface area contributed by atoms with Gasteiger partial charge in [-0.2, -0.15) is 12.6 Å². The van der Waals surface area contributed by atoms with Crippen LogP contribution in [0.1, 0.15) is 26.3 Å². The van der Waals surface area contributed by atoms with E-state index in [0.29, 0.717) is 12.1 Å². The number of carbonyl (C=O) groups is 1. The Morgan fingerprint density at radius 2 is 1.96 bits per heavy atom. The van der Waals surface area contributed by atoms with Crippen LogP contribution in [0.2, 0.25) is 0 Å². The monoisotopic (exact) mass is 344 g/mol. The zero-order valence-corrected chi connectivity index (χ0v) is 15.9. The molecule has 1 aromatic carbocycles. The summed E-state index contributed by atoms with van der Waals surface area (Å²) in [7, 11) is 0. The molecule has 1 aliphatic heterocycles. The van der Waals surface area contributed by atoms with Crippen molar-refractivity contribution in [1.82, 2.24) is 5.32 Å². The van der Waals surface area contributed by atoms with E-state index < -0.39 is 0 Å². The summed E-state index contributed by atoms with van der Waals surface area (Å²) in [5, 5.41) is 6.27. The van der Waals surface area contributed by atoms with E-state index in [-0.39, 0.29) is 5.78 Å². The number of rotatable bonds is 4. The molecule has 2 N–H and O–H groups in total. The van der Waals surface area contributed by atoms with E-state index in [1.54, 1.807) is 18.5 Å². The fraction of sp³-hybridized carbons (Fsp3) is 0.250. The molecule has 1 heterocycles. The molecule has 0 unspecified atom stereocenters. The molecular formula is C20H28N2OS. The molecule has 0 atom stereocenters. The van der Waals surface area contributed by atoms with Crippen LogP contribution in [-0.2, 0) is 4.79 Å². The molecule has 0 saturated carbocycles. The lowest BCUT2D eigenvalue weighted by molar-refractivity contribution is -0.112. The van der Waals surface area contributed by atoms with Gasteiger partial charge in [-0.1, -0.05) is 50.8 Å². The van der Waals surface area contributed by atoms with E-state index in [0.717, 1.165) is 16.9 Å². The van der Waals surface area contributed by atoms with Gasteiger partial charge in [-0.3, -0.25) is 4.79 Å². The fourth-order valence-electron chi connectivity index (χ4n) is 2.07. The predicted molar refractivity (Wildman–Crippen MR) is 110 cm³/mol. The smallest absolute Gasteiger partial charge is 0.183 e. The minimum absolute atomic E-state index is 0.0784. The summed E-state index contributed by atoms with van der Waals surface area (Å²) in [6, 6.07) is 7.80. The van der Waals surface area contributed by atoms with Crippen molar-refractivity contribution in [2.75, 3.05) is 18.1 Å². The Labute approximate surface area is 151 Å². The normalized spacial score (nSPS) is 14.6. The van der Waals surface area contributed by atoms with Gasteiger partial charge >= 0.3 is 0 Å². The molecule has 0 bridgehead atoms. The molecule has 4 heteroatoms. The number of Topliss-reactive ketones (excluding diaryl/α,β-unsaturated/α-hetero) is 1. The molecule has 1 aliphatic rings. The largest absolute Gasteiger partial charge is 0.377 e. The molecular weight excluding hydrogens is 316 g/mol. The lowest BCUT2D eigenvalue weighted by Gasteiger charge is -2.19. The third kappa shape index (κ3) is 6.50. The highest BCUT2D eigenvalue weighted by Gasteiger charge is 2.20. The second-order valence-electron chi connectivity index (χ2n) is 4.38. The SMILES string of the molecule is C=C/C=C(\C=C/C)N/C=C1\C(=O)CNc2ccccc21.CC.CS. The molecule has 0 aliphatic carbocycles. The quantitative estimate of drug-likeness (QED) is 0.416. The van der Waals surface area contributed by atoms with Crippen LogP contribution < -0.4 is 10.6 Å². The average molecular weight is 345 g/mol. The van der Waals surface area contributed by atoms with Gasteiger partial charge in [-0.15, -0.1) is 0 Å². The lowest BCUT2D eigenvalue weighted by Crippen LogP contribution is -2.23. The first kappa shape index (κ1) is 21.8. The van der Waals surface area contributed by atoms with Gasteiger partial charge in [0.15, 0.2) is 5.78 Å². The van der Waals surface area contributed by atoms with Crippen molar-refractivity contribution < 1.29 is 4.79 Å². The summed E-state index contributed by atoms with van der Waals surface area (Å²) in [5.74, 6) is 0.0784. The van der Waals surface area contributed by atoms with Gasteiger partial charge in [0, 0.05) is 28.7 Å². The van der Waals surface area contributed by atoms with Gasteiger partial charge in [0.05, 0.1) is 6.54 Å². The minimum Gasteiger partial charge on any atom is -0.377 e. The molecule has 1 aromatic rings. The number of para-hydroxylation sites is 1. The molecule has 0 saturated heterocycles. The first-order chi connectivity index (χ1) is 11.8. The van der Waals surface area contributed by atoms with Gasteiger partial charge in [0.2, 0.25) is 0 Å². The van der Waals surface area contributed by atoms with Crippen molar-refractivity contribution in [2.24, 2.45) is 0 Å². The van der Waals surface area contributed by atoms with Crippen molar-refractivity contribution in [3.8, 4) is 0 Å². The van der Waals surface area contributed by atoms with E-state index >= 15 is 0 Å². The third-order valence-corrected chi connectivity index (χ3v) is 2.98. The predicted octanol–water partition coefficient (Wildman–Crippen LogP) is 4.83. The lowest BCUT2D eigenvalue weighted by atomic mass is 9.97. The van der Waals surface area contributed by atoms with E-state index in [1.807, 2.05) is 63.3 Å². The second-order valence-corrected chi connectivity index (χ2v) is 4.38. The van der Waals surface area contributed by atoms with Crippen molar-refractivity contribution in [1.29, 1.82) is 0 Å².